The minimum absolute atomic E-state index is 0.207. The number of aliphatic hydroxyl groups is 1. The van der Waals surface area contributed by atoms with Gasteiger partial charge in [0.05, 0.1) is 0 Å². The van der Waals surface area contributed by atoms with Crippen molar-refractivity contribution in [3.05, 3.63) is 31.8 Å². The molecule has 0 aliphatic heterocycles. The van der Waals surface area contributed by atoms with Gasteiger partial charge in [-0.3, -0.25) is 0 Å². The van der Waals surface area contributed by atoms with Crippen molar-refractivity contribution in [3.8, 4) is 0 Å². The summed E-state index contributed by atoms with van der Waals surface area (Å²) in [6, 6.07) is 6.11. The first-order valence-electron chi connectivity index (χ1n) is 3.29. The Bertz CT molecular complexity index is 250. The second-order valence-corrected chi connectivity index (χ2v) is 4.31. The maximum atomic E-state index is 8.71. The molecule has 3 heteroatoms. The van der Waals surface area contributed by atoms with Crippen LogP contribution in [0.15, 0.2) is 22.7 Å². The zero-order chi connectivity index (χ0) is 8.27. The highest BCUT2D eigenvalue weighted by atomic mass is 127. The third kappa shape index (κ3) is 2.72. The first-order valence-corrected chi connectivity index (χ1v) is 5.16. The van der Waals surface area contributed by atoms with E-state index in [1.54, 1.807) is 0 Å². The van der Waals surface area contributed by atoms with E-state index in [0.717, 1.165) is 10.9 Å². The van der Waals surface area contributed by atoms with E-state index in [2.05, 4.69) is 44.6 Å². The number of benzene rings is 1. The average Bonchev–Trinajstić information content (AvgIpc) is 1.98. The van der Waals surface area contributed by atoms with Crippen LogP contribution < -0.4 is 0 Å². The molecule has 11 heavy (non-hydrogen) atoms. The molecule has 60 valence electrons. The summed E-state index contributed by atoms with van der Waals surface area (Å²) in [5.74, 6) is 0. The molecule has 1 N–H and O–H groups in total. The second kappa shape index (κ2) is 4.42. The summed E-state index contributed by atoms with van der Waals surface area (Å²) >= 11 is 5.68. The maximum absolute atomic E-state index is 8.71. The molecule has 1 nitrogen and oxygen atoms in total. The van der Waals surface area contributed by atoms with Crippen LogP contribution >= 0.6 is 38.5 Å². The van der Waals surface area contributed by atoms with Gasteiger partial charge in [0, 0.05) is 14.6 Å². The van der Waals surface area contributed by atoms with Gasteiger partial charge in [0.25, 0.3) is 0 Å². The van der Waals surface area contributed by atoms with Crippen LogP contribution in [0.5, 0.6) is 0 Å². The predicted octanol–water partition coefficient (Wildman–Crippen LogP) is 2.59. The molecule has 0 spiro atoms. The zero-order valence-electron chi connectivity index (χ0n) is 5.85. The Morgan fingerprint density at radius 2 is 2.18 bits per heavy atom. The van der Waals surface area contributed by atoms with Gasteiger partial charge in [0.2, 0.25) is 0 Å². The van der Waals surface area contributed by atoms with Crippen molar-refractivity contribution in [2.24, 2.45) is 0 Å². The highest BCUT2D eigenvalue weighted by Crippen LogP contribution is 2.19. The van der Waals surface area contributed by atoms with Gasteiger partial charge in [-0.1, -0.05) is 15.9 Å². The van der Waals surface area contributed by atoms with E-state index in [9.17, 15) is 0 Å². The lowest BCUT2D eigenvalue weighted by Gasteiger charge is -2.01. The van der Waals surface area contributed by atoms with E-state index in [0.29, 0.717) is 0 Å². The molecule has 1 rings (SSSR count). The average molecular weight is 327 g/mol. The van der Waals surface area contributed by atoms with Crippen molar-refractivity contribution in [2.75, 3.05) is 6.61 Å². The fourth-order valence-electron chi connectivity index (χ4n) is 0.855. The summed E-state index contributed by atoms with van der Waals surface area (Å²) in [4.78, 5) is 0. The van der Waals surface area contributed by atoms with Crippen molar-refractivity contribution < 1.29 is 5.11 Å². The molecular formula is C8H8BrIO. The lowest BCUT2D eigenvalue weighted by molar-refractivity contribution is 0.299. The lowest BCUT2D eigenvalue weighted by Crippen LogP contribution is -1.92. The number of aliphatic hydroxyl groups excluding tert-OH is 1. The highest BCUT2D eigenvalue weighted by molar-refractivity contribution is 14.1. The standard InChI is InChI=1S/C8H8BrIO/c9-8-2-1-7(10)5-6(8)3-4-11/h1-2,5,11H,3-4H2. The van der Waals surface area contributed by atoms with Crippen molar-refractivity contribution in [1.29, 1.82) is 0 Å². The van der Waals surface area contributed by atoms with Crippen LogP contribution in [0.1, 0.15) is 5.56 Å². The van der Waals surface area contributed by atoms with Crippen molar-refractivity contribution in [1.82, 2.24) is 0 Å². The molecule has 0 unspecified atom stereocenters. The van der Waals surface area contributed by atoms with E-state index in [-0.39, 0.29) is 6.61 Å². The molecule has 0 heterocycles. The molecule has 0 aromatic heterocycles. The first-order chi connectivity index (χ1) is 5.24. The quantitative estimate of drug-likeness (QED) is 0.828. The Balaban J connectivity index is 2.93. The van der Waals surface area contributed by atoms with E-state index in [4.69, 9.17) is 5.11 Å². The van der Waals surface area contributed by atoms with Crippen molar-refractivity contribution >= 4 is 38.5 Å². The van der Waals surface area contributed by atoms with Gasteiger partial charge in [-0.2, -0.15) is 0 Å². The van der Waals surface area contributed by atoms with E-state index in [1.807, 2.05) is 12.1 Å². The minimum Gasteiger partial charge on any atom is -0.396 e. The van der Waals surface area contributed by atoms with Crippen LogP contribution in [-0.4, -0.2) is 11.7 Å². The van der Waals surface area contributed by atoms with Crippen molar-refractivity contribution in [3.63, 3.8) is 0 Å². The van der Waals surface area contributed by atoms with Crippen LogP contribution in [0.2, 0.25) is 0 Å². The Morgan fingerprint density at radius 3 is 2.82 bits per heavy atom. The van der Waals surface area contributed by atoms with Gasteiger partial charge in [-0.15, -0.1) is 0 Å². The summed E-state index contributed by atoms with van der Waals surface area (Å²) < 4.78 is 2.28. The minimum atomic E-state index is 0.207. The molecule has 0 aliphatic rings. The fraction of sp³-hybridized carbons (Fsp3) is 0.250. The topological polar surface area (TPSA) is 20.2 Å². The summed E-state index contributed by atoms with van der Waals surface area (Å²) in [5.41, 5.74) is 1.17. The van der Waals surface area contributed by atoms with Gasteiger partial charge >= 0.3 is 0 Å². The summed E-state index contributed by atoms with van der Waals surface area (Å²) in [6.45, 7) is 0.207. The van der Waals surface area contributed by atoms with Crippen LogP contribution in [0.4, 0.5) is 0 Å². The van der Waals surface area contributed by atoms with Gasteiger partial charge < -0.3 is 5.11 Å². The fourth-order valence-corrected chi connectivity index (χ4v) is 1.86. The molecule has 0 radical (unpaired) electrons. The lowest BCUT2D eigenvalue weighted by atomic mass is 10.2. The SMILES string of the molecule is OCCc1cc(I)ccc1Br. The Labute approximate surface area is 88.1 Å². The zero-order valence-corrected chi connectivity index (χ0v) is 9.59. The molecule has 0 bridgehead atoms. The first kappa shape index (κ1) is 9.48. The van der Waals surface area contributed by atoms with Crippen LogP contribution in [0.3, 0.4) is 0 Å². The molecule has 1 aromatic carbocycles. The van der Waals surface area contributed by atoms with Gasteiger partial charge in [0.1, 0.15) is 0 Å². The normalized spacial score (nSPS) is 10.1. The maximum Gasteiger partial charge on any atom is 0.0471 e. The van der Waals surface area contributed by atoms with Gasteiger partial charge in [-0.25, -0.2) is 0 Å². The Morgan fingerprint density at radius 1 is 1.45 bits per heavy atom. The predicted molar refractivity (Wildman–Crippen MR) is 57.6 cm³/mol. The molecule has 0 aliphatic carbocycles. The molecule has 0 fully saturated rings. The smallest absolute Gasteiger partial charge is 0.0471 e. The summed E-state index contributed by atoms with van der Waals surface area (Å²) in [7, 11) is 0. The van der Waals surface area contributed by atoms with Crippen LogP contribution in [-0.2, 0) is 6.42 Å². The molecule has 0 amide bonds. The second-order valence-electron chi connectivity index (χ2n) is 2.21. The molecular weight excluding hydrogens is 319 g/mol. The van der Waals surface area contributed by atoms with Gasteiger partial charge in [0.15, 0.2) is 0 Å². The third-order valence-electron chi connectivity index (χ3n) is 1.39. The summed E-state index contributed by atoms with van der Waals surface area (Å²) in [6.07, 6.45) is 0.720. The number of halogens is 2. The number of hydrogen-bond donors (Lipinski definition) is 1. The highest BCUT2D eigenvalue weighted by Gasteiger charge is 1.98. The van der Waals surface area contributed by atoms with Crippen LogP contribution in [0.25, 0.3) is 0 Å². The van der Waals surface area contributed by atoms with Crippen LogP contribution in [0, 0.1) is 3.57 Å². The third-order valence-corrected chi connectivity index (χ3v) is 2.83. The largest absolute Gasteiger partial charge is 0.396 e. The monoisotopic (exact) mass is 326 g/mol. The van der Waals surface area contributed by atoms with E-state index >= 15 is 0 Å². The van der Waals surface area contributed by atoms with E-state index in [1.165, 1.54) is 9.13 Å². The van der Waals surface area contributed by atoms with E-state index < -0.39 is 0 Å². The molecule has 0 atom stereocenters. The Kier molecular flexibility index (Phi) is 3.81. The molecule has 0 saturated heterocycles. The van der Waals surface area contributed by atoms with Crippen molar-refractivity contribution in [2.45, 2.75) is 6.42 Å². The molecule has 0 saturated carbocycles. The molecule has 1 aromatic rings. The Hall–Kier alpha value is 0.390. The summed E-state index contributed by atoms with van der Waals surface area (Å²) in [5, 5.41) is 8.71. The number of rotatable bonds is 2. The number of hydrogen-bond acceptors (Lipinski definition) is 1. The van der Waals surface area contributed by atoms with Gasteiger partial charge in [-0.05, 0) is 52.8 Å².